The molecule has 1 atom stereocenters. The Labute approximate surface area is 255 Å². The smallest absolute Gasteiger partial charge is 0.317 e. The van der Waals surface area contributed by atoms with Crippen LogP contribution in [0.5, 0.6) is 11.5 Å². The number of benzene rings is 4. The molecule has 0 spiro atoms. The monoisotopic (exact) mass is 604 g/mol. The van der Waals surface area contributed by atoms with E-state index in [0.717, 1.165) is 30.0 Å². The third kappa shape index (κ3) is 6.49. The first-order valence-corrected chi connectivity index (χ1v) is 13.9. The fourth-order valence-corrected chi connectivity index (χ4v) is 5.51. The van der Waals surface area contributed by atoms with E-state index in [1.54, 1.807) is 36.4 Å². The Balaban J connectivity index is 1.64. The number of hydrogen-bond acceptors (Lipinski definition) is 8. The van der Waals surface area contributed by atoms with Crippen LogP contribution in [0.4, 0.5) is 0 Å². The van der Waals surface area contributed by atoms with Crippen LogP contribution < -0.4 is 4.74 Å². The van der Waals surface area contributed by atoms with Gasteiger partial charge in [0.1, 0.15) is 11.5 Å². The SMILES string of the molecule is O=NC(=O)c1cc(C(=O)N=O)c(C(=O)N(Cc2cccc(Oc3ccccc3)c2)[C@H]2CCCc3ccccc32)cc1C(=O)N=O. The van der Waals surface area contributed by atoms with Gasteiger partial charge >= 0.3 is 17.7 Å². The van der Waals surface area contributed by atoms with Crippen LogP contribution in [0.2, 0.25) is 0 Å². The first-order chi connectivity index (χ1) is 21.8. The number of aryl methyl sites for hydroxylation is 1. The maximum absolute atomic E-state index is 14.5. The summed E-state index contributed by atoms with van der Waals surface area (Å²) in [4.78, 5) is 86.9. The summed E-state index contributed by atoms with van der Waals surface area (Å²) >= 11 is 0. The summed E-state index contributed by atoms with van der Waals surface area (Å²) in [6.07, 6.45) is 2.07. The second-order valence-electron chi connectivity index (χ2n) is 10.2. The fourth-order valence-electron chi connectivity index (χ4n) is 5.51. The number of rotatable bonds is 9. The Morgan fingerprint density at radius 3 is 1.91 bits per heavy atom. The molecule has 0 heterocycles. The molecule has 12 nitrogen and oxygen atoms in total. The molecular weight excluding hydrogens is 580 g/mol. The topological polar surface area (TPSA) is 169 Å². The van der Waals surface area contributed by atoms with Gasteiger partial charge < -0.3 is 9.64 Å². The van der Waals surface area contributed by atoms with Crippen LogP contribution in [0.1, 0.15) is 77.0 Å². The molecule has 4 aromatic carbocycles. The summed E-state index contributed by atoms with van der Waals surface area (Å²) in [7, 11) is 0. The number of amides is 4. The van der Waals surface area contributed by atoms with Gasteiger partial charge in [-0.25, -0.2) is 0 Å². The van der Waals surface area contributed by atoms with E-state index in [1.807, 2.05) is 42.5 Å². The first kappa shape index (κ1) is 30.4. The second kappa shape index (κ2) is 13.5. The van der Waals surface area contributed by atoms with Crippen molar-refractivity contribution in [3.63, 3.8) is 0 Å². The van der Waals surface area contributed by atoms with Crippen molar-refractivity contribution >= 4 is 23.6 Å². The molecule has 5 rings (SSSR count). The second-order valence-corrected chi connectivity index (χ2v) is 10.2. The van der Waals surface area contributed by atoms with Crippen molar-refractivity contribution in [1.29, 1.82) is 0 Å². The molecule has 0 unspecified atom stereocenters. The van der Waals surface area contributed by atoms with Crippen molar-refractivity contribution in [2.45, 2.75) is 31.8 Å². The number of ether oxygens (including phenoxy) is 1. The third-order valence-corrected chi connectivity index (χ3v) is 7.53. The third-order valence-electron chi connectivity index (χ3n) is 7.53. The van der Waals surface area contributed by atoms with Crippen molar-refractivity contribution < 1.29 is 23.9 Å². The van der Waals surface area contributed by atoms with E-state index in [0.29, 0.717) is 29.5 Å². The predicted molar refractivity (Wildman–Crippen MR) is 162 cm³/mol. The van der Waals surface area contributed by atoms with E-state index in [2.05, 4.69) is 15.5 Å². The number of nitrogens with zero attached hydrogens (tertiary/aromatic N) is 4. The zero-order valence-corrected chi connectivity index (χ0v) is 23.6. The molecule has 4 aromatic rings. The minimum absolute atomic E-state index is 0.00222. The van der Waals surface area contributed by atoms with Gasteiger partial charge in [-0.15, -0.1) is 14.7 Å². The molecule has 0 bridgehead atoms. The lowest BCUT2D eigenvalue weighted by Crippen LogP contribution is -2.37. The number of para-hydroxylation sites is 1. The van der Waals surface area contributed by atoms with Gasteiger partial charge in [0.2, 0.25) is 0 Å². The van der Waals surface area contributed by atoms with Crippen LogP contribution in [0.25, 0.3) is 0 Å². The van der Waals surface area contributed by atoms with Crippen LogP contribution in [-0.4, -0.2) is 28.5 Å². The lowest BCUT2D eigenvalue weighted by Gasteiger charge is -2.36. The molecule has 45 heavy (non-hydrogen) atoms. The summed E-state index contributed by atoms with van der Waals surface area (Å²) in [5.41, 5.74) is -0.0470. The van der Waals surface area contributed by atoms with Crippen LogP contribution in [0.3, 0.4) is 0 Å². The highest BCUT2D eigenvalue weighted by Crippen LogP contribution is 2.37. The summed E-state index contributed by atoms with van der Waals surface area (Å²) in [6, 6.07) is 24.8. The van der Waals surface area contributed by atoms with Crippen molar-refractivity contribution in [2.24, 2.45) is 15.5 Å². The van der Waals surface area contributed by atoms with Gasteiger partial charge in [0, 0.05) is 22.1 Å². The number of nitroso groups, excluding NO2 is 3. The van der Waals surface area contributed by atoms with Gasteiger partial charge in [-0.2, -0.15) is 0 Å². The molecule has 0 N–H and O–H groups in total. The van der Waals surface area contributed by atoms with Crippen LogP contribution in [0, 0.1) is 14.7 Å². The zero-order chi connectivity index (χ0) is 31.9. The summed E-state index contributed by atoms with van der Waals surface area (Å²) in [6.45, 7) is -0.00222. The highest BCUT2D eigenvalue weighted by atomic mass is 16.5. The maximum atomic E-state index is 14.5. The van der Waals surface area contributed by atoms with Gasteiger partial charge in [-0.05, 0) is 72.4 Å². The molecule has 4 amide bonds. The highest BCUT2D eigenvalue weighted by Gasteiger charge is 2.34. The average molecular weight is 605 g/mol. The summed E-state index contributed by atoms with van der Waals surface area (Å²) < 4.78 is 5.97. The number of carbonyl (C=O) groups is 4. The molecule has 0 saturated carbocycles. The van der Waals surface area contributed by atoms with E-state index < -0.39 is 51.9 Å². The van der Waals surface area contributed by atoms with Gasteiger partial charge in [0.25, 0.3) is 5.91 Å². The molecule has 1 aliphatic rings. The van der Waals surface area contributed by atoms with Crippen molar-refractivity contribution in [3.05, 3.63) is 145 Å². The molecule has 12 heteroatoms. The average Bonchev–Trinajstić information content (AvgIpc) is 3.09. The number of fused-ring (bicyclic) bond motifs is 1. The van der Waals surface area contributed by atoms with Crippen LogP contribution in [-0.2, 0) is 13.0 Å². The minimum atomic E-state index is -1.51. The van der Waals surface area contributed by atoms with Gasteiger partial charge in [0.15, 0.2) is 0 Å². The van der Waals surface area contributed by atoms with Crippen molar-refractivity contribution in [2.75, 3.05) is 0 Å². The fraction of sp³-hybridized carbons (Fsp3) is 0.152. The normalized spacial score (nSPS) is 13.6. The van der Waals surface area contributed by atoms with E-state index in [4.69, 9.17) is 4.74 Å². The first-order valence-electron chi connectivity index (χ1n) is 13.9. The van der Waals surface area contributed by atoms with Gasteiger partial charge in [0.05, 0.1) is 28.3 Å². The lowest BCUT2D eigenvalue weighted by molar-refractivity contribution is 0.0634. The van der Waals surface area contributed by atoms with Gasteiger partial charge in [-0.3, -0.25) is 19.2 Å². The summed E-state index contributed by atoms with van der Waals surface area (Å²) in [5, 5.41) is 6.97. The lowest BCUT2D eigenvalue weighted by atomic mass is 9.86. The van der Waals surface area contributed by atoms with E-state index in [9.17, 15) is 33.9 Å². The van der Waals surface area contributed by atoms with Gasteiger partial charge in [-0.1, -0.05) is 54.6 Å². The van der Waals surface area contributed by atoms with E-state index >= 15 is 0 Å². The highest BCUT2D eigenvalue weighted by molar-refractivity contribution is 6.14. The number of carbonyl (C=O) groups excluding carboxylic acids is 4. The molecule has 1 aliphatic carbocycles. The molecule has 0 fully saturated rings. The molecule has 0 radical (unpaired) electrons. The Kier molecular flexibility index (Phi) is 9.13. The molecule has 224 valence electrons. The Morgan fingerprint density at radius 1 is 0.667 bits per heavy atom. The molecule has 0 saturated heterocycles. The number of hydrogen-bond donors (Lipinski definition) is 0. The van der Waals surface area contributed by atoms with Crippen molar-refractivity contribution in [3.8, 4) is 11.5 Å². The Hall–Kier alpha value is -6.04. The quantitative estimate of drug-likeness (QED) is 0.185. The summed E-state index contributed by atoms with van der Waals surface area (Å²) in [5.74, 6) is -4.10. The Morgan fingerprint density at radius 2 is 1.24 bits per heavy atom. The minimum Gasteiger partial charge on any atom is -0.457 e. The van der Waals surface area contributed by atoms with Crippen LogP contribution in [0.15, 0.2) is 107 Å². The van der Waals surface area contributed by atoms with Crippen molar-refractivity contribution in [1.82, 2.24) is 4.90 Å². The molecule has 0 aliphatic heterocycles. The van der Waals surface area contributed by atoms with E-state index in [-0.39, 0.29) is 6.54 Å². The molecular formula is C33H24N4O8. The largest absolute Gasteiger partial charge is 0.457 e. The standard InChI is InChI=1S/C33H24N4O8/c38-30(34-42)25-17-27(32(40)36-44)28(18-26(25)31(39)35-43)33(41)37(29-15-7-10-21-9-4-5-14-24(21)29)19-20-8-6-13-23(16-20)45-22-11-2-1-3-12-22/h1-6,8-9,11-14,16-18,29H,7,10,15,19H2/t29-/m0/s1. The predicted octanol–water partition coefficient (Wildman–Crippen LogP) is 6.92. The maximum Gasteiger partial charge on any atom is 0.317 e. The van der Waals surface area contributed by atoms with E-state index in [1.165, 1.54) is 4.90 Å². The molecule has 0 aromatic heterocycles. The Bertz CT molecular complexity index is 1840. The van der Waals surface area contributed by atoms with Crippen LogP contribution >= 0.6 is 0 Å². The zero-order valence-electron chi connectivity index (χ0n) is 23.6.